The largest absolute Gasteiger partial charge is 0.479 e. The number of nitrogens with one attached hydrogen (secondary N) is 1. The summed E-state index contributed by atoms with van der Waals surface area (Å²) in [6.07, 6.45) is -1.40. The molecule has 1 atom stereocenters. The van der Waals surface area contributed by atoms with Crippen molar-refractivity contribution in [2.45, 2.75) is 6.10 Å². The van der Waals surface area contributed by atoms with E-state index in [0.29, 0.717) is 0 Å². The number of hydrazine groups is 1. The van der Waals surface area contributed by atoms with Gasteiger partial charge in [-0.25, -0.2) is 4.79 Å². The maximum absolute atomic E-state index is 9.74. The Morgan fingerprint density at radius 2 is 2.22 bits per heavy atom. The summed E-state index contributed by atoms with van der Waals surface area (Å²) >= 11 is 0. The minimum absolute atomic E-state index is 0. The summed E-state index contributed by atoms with van der Waals surface area (Å²) in [6.45, 7) is -0.130. The van der Waals surface area contributed by atoms with E-state index in [9.17, 15) is 4.79 Å². The molecular formula is C3H8KN2O3. The fourth-order valence-electron chi connectivity index (χ4n) is 0.199. The molecule has 0 aliphatic heterocycles. The molecule has 0 aromatic carbocycles. The maximum atomic E-state index is 9.74. The molecule has 0 rings (SSSR count). The van der Waals surface area contributed by atoms with Crippen LogP contribution in [0, 0.1) is 0 Å². The van der Waals surface area contributed by atoms with Crippen LogP contribution in [0.2, 0.25) is 0 Å². The zero-order valence-corrected chi connectivity index (χ0v) is 8.29. The van der Waals surface area contributed by atoms with E-state index in [4.69, 9.17) is 16.1 Å². The van der Waals surface area contributed by atoms with Crippen molar-refractivity contribution in [2.75, 3.05) is 6.54 Å². The second-order valence-corrected chi connectivity index (χ2v) is 1.26. The van der Waals surface area contributed by atoms with E-state index in [0.717, 1.165) is 0 Å². The van der Waals surface area contributed by atoms with Crippen molar-refractivity contribution in [3.8, 4) is 0 Å². The average Bonchev–Trinajstić information content (AvgIpc) is 1.67. The third kappa shape index (κ3) is 6.88. The van der Waals surface area contributed by atoms with Gasteiger partial charge in [-0.1, -0.05) is 0 Å². The predicted octanol–water partition coefficient (Wildman–Crippen LogP) is -2.49. The number of aliphatic hydroxyl groups is 1. The molecule has 49 valence electrons. The van der Waals surface area contributed by atoms with Gasteiger partial charge in [-0.3, -0.25) is 11.3 Å². The standard InChI is InChI=1S/C3H8N2O3.K/c4-5-1-2(6)3(7)8;/h2,5-6H,1,4H2,(H,7,8);/t2-;/m0./s1. The summed E-state index contributed by atoms with van der Waals surface area (Å²) in [5.41, 5.74) is 2.02. The van der Waals surface area contributed by atoms with Crippen LogP contribution in [0.15, 0.2) is 0 Å². The van der Waals surface area contributed by atoms with E-state index < -0.39 is 12.1 Å². The Labute approximate surface area is 95.0 Å². The molecule has 5 N–H and O–H groups in total. The Balaban J connectivity index is 0. The molecule has 6 heteroatoms. The summed E-state index contributed by atoms with van der Waals surface area (Å²) < 4.78 is 0. The third-order valence-corrected chi connectivity index (χ3v) is 0.596. The molecule has 0 aromatic rings. The molecule has 1 radical (unpaired) electrons. The van der Waals surface area contributed by atoms with Crippen molar-refractivity contribution in [3.05, 3.63) is 0 Å². The first-order chi connectivity index (χ1) is 3.68. The SMILES string of the molecule is NNC[C@H](O)C(=O)O.[K]. The van der Waals surface area contributed by atoms with Crippen LogP contribution in [0.3, 0.4) is 0 Å². The first-order valence-electron chi connectivity index (χ1n) is 2.03. The number of hydrogen-bond acceptors (Lipinski definition) is 4. The van der Waals surface area contributed by atoms with Crippen molar-refractivity contribution >= 4 is 57.4 Å². The number of nitrogens with two attached hydrogens (primary N) is 1. The minimum Gasteiger partial charge on any atom is -0.479 e. The van der Waals surface area contributed by atoms with Crippen LogP contribution >= 0.6 is 0 Å². The molecular weight excluding hydrogens is 151 g/mol. The van der Waals surface area contributed by atoms with Crippen molar-refractivity contribution in [1.82, 2.24) is 5.43 Å². The number of hydrogen-bond donors (Lipinski definition) is 4. The van der Waals surface area contributed by atoms with E-state index in [-0.39, 0.29) is 57.9 Å². The third-order valence-electron chi connectivity index (χ3n) is 0.596. The monoisotopic (exact) mass is 159 g/mol. The number of carbonyl (C=O) groups is 1. The van der Waals surface area contributed by atoms with Crippen molar-refractivity contribution in [1.29, 1.82) is 0 Å². The quantitative estimate of drug-likeness (QED) is 0.208. The average molecular weight is 159 g/mol. The molecule has 0 aliphatic rings. The van der Waals surface area contributed by atoms with Gasteiger partial charge in [0.05, 0.1) is 0 Å². The second kappa shape index (κ2) is 7.10. The van der Waals surface area contributed by atoms with Crippen LogP contribution in [0.4, 0.5) is 0 Å². The molecule has 0 amide bonds. The van der Waals surface area contributed by atoms with Crippen LogP contribution in [-0.2, 0) is 4.79 Å². The van der Waals surface area contributed by atoms with Gasteiger partial charge in [-0.2, -0.15) is 0 Å². The van der Waals surface area contributed by atoms with Gasteiger partial charge in [0, 0.05) is 57.9 Å². The fourth-order valence-corrected chi connectivity index (χ4v) is 0.199. The van der Waals surface area contributed by atoms with Gasteiger partial charge in [0.25, 0.3) is 0 Å². The molecule has 0 fully saturated rings. The van der Waals surface area contributed by atoms with Gasteiger partial charge >= 0.3 is 5.97 Å². The number of aliphatic hydroxyl groups excluding tert-OH is 1. The molecule has 9 heavy (non-hydrogen) atoms. The zero-order valence-electron chi connectivity index (χ0n) is 5.16. The molecule has 0 unspecified atom stereocenters. The molecule has 0 saturated heterocycles. The van der Waals surface area contributed by atoms with Crippen molar-refractivity contribution in [2.24, 2.45) is 5.84 Å². The topological polar surface area (TPSA) is 95.6 Å². The second-order valence-electron chi connectivity index (χ2n) is 1.26. The van der Waals surface area contributed by atoms with Gasteiger partial charge in [0.2, 0.25) is 0 Å². The first-order valence-corrected chi connectivity index (χ1v) is 2.03. The van der Waals surface area contributed by atoms with E-state index >= 15 is 0 Å². The Bertz CT molecular complexity index is 89.1. The summed E-state index contributed by atoms with van der Waals surface area (Å²) in [4.78, 5) is 9.74. The molecule has 0 aliphatic carbocycles. The van der Waals surface area contributed by atoms with Gasteiger partial charge < -0.3 is 10.2 Å². The molecule has 0 heterocycles. The van der Waals surface area contributed by atoms with Crippen molar-refractivity contribution in [3.63, 3.8) is 0 Å². The molecule has 0 aromatic heterocycles. The maximum Gasteiger partial charge on any atom is 0.333 e. The number of aliphatic carboxylic acids is 1. The Morgan fingerprint density at radius 1 is 1.78 bits per heavy atom. The normalized spacial score (nSPS) is 11.8. The predicted molar refractivity (Wildman–Crippen MR) is 31.6 cm³/mol. The number of rotatable bonds is 3. The molecule has 0 saturated carbocycles. The summed E-state index contributed by atoms with van der Waals surface area (Å²) in [5, 5.41) is 16.4. The molecule has 0 spiro atoms. The first kappa shape index (κ1) is 12.6. The van der Waals surface area contributed by atoms with Gasteiger partial charge in [0.15, 0.2) is 6.10 Å². The van der Waals surface area contributed by atoms with Gasteiger partial charge in [0.1, 0.15) is 0 Å². The van der Waals surface area contributed by atoms with Gasteiger partial charge in [-0.15, -0.1) is 0 Å². The Morgan fingerprint density at radius 3 is 2.33 bits per heavy atom. The zero-order chi connectivity index (χ0) is 6.57. The molecule has 0 bridgehead atoms. The van der Waals surface area contributed by atoms with E-state index in [2.05, 4.69) is 0 Å². The van der Waals surface area contributed by atoms with Crippen molar-refractivity contribution < 1.29 is 15.0 Å². The Kier molecular flexibility index (Phi) is 9.97. The van der Waals surface area contributed by atoms with Crippen LogP contribution in [0.25, 0.3) is 0 Å². The summed E-state index contributed by atoms with van der Waals surface area (Å²) in [7, 11) is 0. The fraction of sp³-hybridized carbons (Fsp3) is 0.667. The summed E-state index contributed by atoms with van der Waals surface area (Å²) in [5.74, 6) is 3.42. The van der Waals surface area contributed by atoms with Crippen LogP contribution in [0.5, 0.6) is 0 Å². The molecule has 5 nitrogen and oxygen atoms in total. The van der Waals surface area contributed by atoms with Crippen LogP contribution < -0.4 is 11.3 Å². The van der Waals surface area contributed by atoms with Gasteiger partial charge in [-0.05, 0) is 0 Å². The Hall–Kier alpha value is 0.986. The smallest absolute Gasteiger partial charge is 0.333 e. The minimum atomic E-state index is -1.40. The van der Waals surface area contributed by atoms with Crippen LogP contribution in [0.1, 0.15) is 0 Å². The van der Waals surface area contributed by atoms with Crippen LogP contribution in [-0.4, -0.2) is 80.2 Å². The van der Waals surface area contributed by atoms with E-state index in [1.165, 1.54) is 0 Å². The number of carboxylic acids is 1. The summed E-state index contributed by atoms with van der Waals surface area (Å²) in [6, 6.07) is 0. The number of carboxylic acid groups (broad SMARTS) is 1. The van der Waals surface area contributed by atoms with E-state index in [1.54, 1.807) is 0 Å². The van der Waals surface area contributed by atoms with E-state index in [1.807, 2.05) is 5.43 Å².